The number of carboxylic acid groups (broad SMARTS) is 1. The lowest BCUT2D eigenvalue weighted by molar-refractivity contribution is 0.0696. The Morgan fingerprint density at radius 2 is 1.95 bits per heavy atom. The Hall–Kier alpha value is -0.980. The molecule has 2 aromatic rings. The number of halogens is 3. The number of carboxylic acids is 1. The summed E-state index contributed by atoms with van der Waals surface area (Å²) >= 11 is 10.4. The minimum absolute atomic E-state index is 0.263. The zero-order valence-electron chi connectivity index (χ0n) is 10.9. The van der Waals surface area contributed by atoms with Crippen LogP contribution in [0.1, 0.15) is 21.5 Å². The van der Waals surface area contributed by atoms with Crippen LogP contribution in [-0.2, 0) is 0 Å². The zero-order valence-corrected chi connectivity index (χ0v) is 15.7. The van der Waals surface area contributed by atoms with Crippen molar-refractivity contribution in [1.82, 2.24) is 0 Å². The molecule has 1 N–H and O–H groups in total. The van der Waals surface area contributed by atoms with Gasteiger partial charge in [0.05, 0.1) is 11.3 Å². The van der Waals surface area contributed by atoms with E-state index in [4.69, 9.17) is 5.11 Å². The van der Waals surface area contributed by atoms with Gasteiger partial charge in [-0.1, -0.05) is 22.0 Å². The van der Waals surface area contributed by atoms with E-state index in [1.165, 1.54) is 0 Å². The Morgan fingerprint density at radius 3 is 2.62 bits per heavy atom. The van der Waals surface area contributed by atoms with Gasteiger partial charge in [-0.3, -0.25) is 4.99 Å². The predicted molar refractivity (Wildman–Crippen MR) is 94.9 cm³/mol. The van der Waals surface area contributed by atoms with Crippen molar-refractivity contribution in [3.8, 4) is 0 Å². The normalized spacial score (nSPS) is 11.0. The second-order valence-corrected chi connectivity index (χ2v) is 6.87. The largest absolute Gasteiger partial charge is 0.478 e. The van der Waals surface area contributed by atoms with E-state index in [1.54, 1.807) is 31.3 Å². The summed E-state index contributed by atoms with van der Waals surface area (Å²) in [5, 5.41) is 9.12. The molecule has 0 bridgehead atoms. The average Bonchev–Trinajstić information content (AvgIpc) is 2.42. The molecule has 2 aromatic carbocycles. The second-order valence-electron chi connectivity index (χ2n) is 4.30. The highest BCUT2D eigenvalue weighted by molar-refractivity contribution is 9.13. The van der Waals surface area contributed by atoms with Crippen LogP contribution in [0, 0.1) is 6.92 Å². The topological polar surface area (TPSA) is 49.7 Å². The zero-order chi connectivity index (χ0) is 15.6. The van der Waals surface area contributed by atoms with E-state index < -0.39 is 5.97 Å². The van der Waals surface area contributed by atoms with Crippen LogP contribution in [-0.4, -0.2) is 17.3 Å². The first-order chi connectivity index (χ1) is 9.90. The quantitative estimate of drug-likeness (QED) is 0.455. The van der Waals surface area contributed by atoms with Gasteiger partial charge in [0.25, 0.3) is 0 Å². The van der Waals surface area contributed by atoms with Crippen LogP contribution < -0.4 is 0 Å². The minimum atomic E-state index is -0.948. The van der Waals surface area contributed by atoms with Crippen LogP contribution in [0.3, 0.4) is 0 Å². The van der Waals surface area contributed by atoms with Crippen LogP contribution in [0.25, 0.3) is 0 Å². The molecule has 6 heteroatoms. The van der Waals surface area contributed by atoms with Crippen LogP contribution in [0.4, 0.5) is 5.69 Å². The Morgan fingerprint density at radius 1 is 1.24 bits per heavy atom. The number of benzene rings is 2. The van der Waals surface area contributed by atoms with Crippen molar-refractivity contribution in [3.63, 3.8) is 0 Å². The number of carbonyl (C=O) groups is 1. The standard InChI is InChI=1S/C15H10Br3NO2/c1-8-11(15(20)21)3-2-4-13(8)19-7-9-5-10(16)6-12(17)14(9)18/h2-7H,1H3,(H,20,21)/b19-7+. The first-order valence-electron chi connectivity index (χ1n) is 5.91. The van der Waals surface area contributed by atoms with Crippen LogP contribution in [0.15, 0.2) is 48.7 Å². The van der Waals surface area contributed by atoms with Crippen LogP contribution in [0.2, 0.25) is 0 Å². The molecule has 0 amide bonds. The maximum atomic E-state index is 11.1. The van der Waals surface area contributed by atoms with E-state index in [0.29, 0.717) is 11.3 Å². The first kappa shape index (κ1) is 16.4. The molecule has 0 heterocycles. The fraction of sp³-hybridized carbons (Fsp3) is 0.0667. The number of aliphatic imine (C=N–C) groups is 1. The lowest BCUT2D eigenvalue weighted by Gasteiger charge is -2.05. The van der Waals surface area contributed by atoms with Crippen LogP contribution >= 0.6 is 47.8 Å². The predicted octanol–water partition coefficient (Wildman–Crippen LogP) is 5.73. The van der Waals surface area contributed by atoms with Gasteiger partial charge >= 0.3 is 5.97 Å². The summed E-state index contributed by atoms with van der Waals surface area (Å²) in [5.74, 6) is -0.948. The molecule has 0 aliphatic rings. The molecule has 0 aliphatic heterocycles. The minimum Gasteiger partial charge on any atom is -0.478 e. The second kappa shape index (κ2) is 6.85. The van der Waals surface area contributed by atoms with Gasteiger partial charge in [-0.05, 0) is 68.6 Å². The summed E-state index contributed by atoms with van der Waals surface area (Å²) in [4.78, 5) is 15.5. The van der Waals surface area contributed by atoms with Crippen molar-refractivity contribution < 1.29 is 9.90 Å². The molecule has 0 atom stereocenters. The number of aromatic carboxylic acids is 1. The fourth-order valence-corrected chi connectivity index (χ4v) is 3.39. The Bertz CT molecular complexity index is 742. The van der Waals surface area contributed by atoms with Gasteiger partial charge in [0.1, 0.15) is 0 Å². The summed E-state index contributed by atoms with van der Waals surface area (Å²) in [5.41, 5.74) is 2.43. The summed E-state index contributed by atoms with van der Waals surface area (Å²) < 4.78 is 2.73. The van der Waals surface area contributed by atoms with Crippen molar-refractivity contribution in [3.05, 3.63) is 60.4 Å². The molecular formula is C15H10Br3NO2. The van der Waals surface area contributed by atoms with Gasteiger partial charge in [0, 0.05) is 25.2 Å². The fourth-order valence-electron chi connectivity index (χ4n) is 1.80. The van der Waals surface area contributed by atoms with Crippen molar-refractivity contribution >= 4 is 65.7 Å². The third kappa shape index (κ3) is 3.81. The molecule has 0 aromatic heterocycles. The summed E-state index contributed by atoms with van der Waals surface area (Å²) in [7, 11) is 0. The summed E-state index contributed by atoms with van der Waals surface area (Å²) in [6, 6.07) is 8.91. The third-order valence-electron chi connectivity index (χ3n) is 2.90. The highest BCUT2D eigenvalue weighted by Crippen LogP contribution is 2.30. The highest BCUT2D eigenvalue weighted by atomic mass is 79.9. The average molecular weight is 476 g/mol. The Labute approximate surface area is 147 Å². The molecule has 3 nitrogen and oxygen atoms in total. The Kier molecular flexibility index (Phi) is 5.35. The van der Waals surface area contributed by atoms with Crippen molar-refractivity contribution in [2.45, 2.75) is 6.92 Å². The molecule has 0 spiro atoms. The van der Waals surface area contributed by atoms with E-state index in [1.807, 2.05) is 12.1 Å². The van der Waals surface area contributed by atoms with E-state index in [2.05, 4.69) is 52.8 Å². The molecule has 0 unspecified atom stereocenters. The summed E-state index contributed by atoms with van der Waals surface area (Å²) in [6.07, 6.45) is 1.70. The molecule has 0 radical (unpaired) electrons. The van der Waals surface area contributed by atoms with Crippen molar-refractivity contribution in [2.75, 3.05) is 0 Å². The van der Waals surface area contributed by atoms with Gasteiger partial charge in [-0.2, -0.15) is 0 Å². The number of nitrogens with zero attached hydrogens (tertiary/aromatic N) is 1. The van der Waals surface area contributed by atoms with Gasteiger partial charge in [0.2, 0.25) is 0 Å². The summed E-state index contributed by atoms with van der Waals surface area (Å²) in [6.45, 7) is 1.75. The number of rotatable bonds is 3. The van der Waals surface area contributed by atoms with E-state index >= 15 is 0 Å². The van der Waals surface area contributed by atoms with E-state index in [-0.39, 0.29) is 5.56 Å². The Balaban J connectivity index is 2.43. The number of hydrogen-bond acceptors (Lipinski definition) is 2. The van der Waals surface area contributed by atoms with Gasteiger partial charge in [0.15, 0.2) is 0 Å². The van der Waals surface area contributed by atoms with Crippen molar-refractivity contribution in [1.29, 1.82) is 0 Å². The van der Waals surface area contributed by atoms with Crippen molar-refractivity contribution in [2.24, 2.45) is 4.99 Å². The molecule has 108 valence electrons. The van der Waals surface area contributed by atoms with Gasteiger partial charge < -0.3 is 5.11 Å². The van der Waals surface area contributed by atoms with E-state index in [0.717, 1.165) is 19.0 Å². The lowest BCUT2D eigenvalue weighted by Crippen LogP contribution is -1.99. The maximum absolute atomic E-state index is 11.1. The van der Waals surface area contributed by atoms with Crippen LogP contribution in [0.5, 0.6) is 0 Å². The molecule has 0 fully saturated rings. The smallest absolute Gasteiger partial charge is 0.336 e. The maximum Gasteiger partial charge on any atom is 0.336 e. The third-order valence-corrected chi connectivity index (χ3v) is 5.40. The first-order valence-corrected chi connectivity index (χ1v) is 8.29. The molecule has 21 heavy (non-hydrogen) atoms. The van der Waals surface area contributed by atoms with E-state index in [9.17, 15) is 4.79 Å². The SMILES string of the molecule is Cc1c(/N=C/c2cc(Br)cc(Br)c2Br)cccc1C(=O)O. The van der Waals surface area contributed by atoms with Gasteiger partial charge in [-0.15, -0.1) is 0 Å². The molecule has 0 saturated carbocycles. The molecule has 2 rings (SSSR count). The molecule has 0 saturated heterocycles. The molecule has 0 aliphatic carbocycles. The lowest BCUT2D eigenvalue weighted by atomic mass is 10.1. The van der Waals surface area contributed by atoms with Gasteiger partial charge in [-0.25, -0.2) is 4.79 Å². The number of hydrogen-bond donors (Lipinski definition) is 1. The monoisotopic (exact) mass is 473 g/mol. The highest BCUT2D eigenvalue weighted by Gasteiger charge is 2.09. The molecular weight excluding hydrogens is 466 g/mol.